The van der Waals surface area contributed by atoms with E-state index in [-0.39, 0.29) is 24.0 Å². The molecule has 1 aliphatic heterocycles. The van der Waals surface area contributed by atoms with Gasteiger partial charge in [0.25, 0.3) is 0 Å². The third-order valence-electron chi connectivity index (χ3n) is 4.23. The lowest BCUT2D eigenvalue weighted by atomic mass is 10.0. The van der Waals surface area contributed by atoms with E-state index in [0.29, 0.717) is 12.5 Å². The predicted octanol–water partition coefficient (Wildman–Crippen LogP) is 3.55. The summed E-state index contributed by atoms with van der Waals surface area (Å²) in [5.41, 5.74) is 3.81. The highest BCUT2D eigenvalue weighted by Crippen LogP contribution is 2.19. The second kappa shape index (κ2) is 8.50. The fourth-order valence-electron chi connectivity index (χ4n) is 2.86. The van der Waals surface area contributed by atoms with Crippen molar-refractivity contribution in [2.45, 2.75) is 39.3 Å². The molecule has 0 radical (unpaired) electrons. The summed E-state index contributed by atoms with van der Waals surface area (Å²) in [6.45, 7) is 6.69. The Balaban J connectivity index is 0.00000208. The minimum absolute atomic E-state index is 0. The molecule has 0 saturated heterocycles. The topological polar surface area (TPSA) is 53.7 Å². The van der Waals surface area contributed by atoms with Crippen molar-refractivity contribution in [3.8, 4) is 0 Å². The van der Waals surface area contributed by atoms with Gasteiger partial charge in [0, 0.05) is 26.2 Å². The van der Waals surface area contributed by atoms with Crippen LogP contribution in [0.5, 0.6) is 0 Å². The van der Waals surface area contributed by atoms with E-state index in [0.717, 1.165) is 36.9 Å². The molecule has 0 spiro atoms. The number of hydrogen-bond acceptors (Lipinski definition) is 3. The van der Waals surface area contributed by atoms with Gasteiger partial charge in [0.15, 0.2) is 11.7 Å². The Labute approximate surface area is 160 Å². The quantitative estimate of drug-likeness (QED) is 0.451. The third kappa shape index (κ3) is 4.28. The first-order valence-corrected chi connectivity index (χ1v) is 8.15. The average Bonchev–Trinajstić information content (AvgIpc) is 3.04. The van der Waals surface area contributed by atoms with Crippen LogP contribution in [0.1, 0.15) is 42.3 Å². The number of halogens is 1. The molecule has 1 aromatic heterocycles. The van der Waals surface area contributed by atoms with Gasteiger partial charge in [-0.2, -0.15) is 0 Å². The Kier molecular flexibility index (Phi) is 6.65. The Morgan fingerprint density at radius 3 is 2.75 bits per heavy atom. The van der Waals surface area contributed by atoms with E-state index >= 15 is 0 Å². The molecule has 2 heterocycles. The molecule has 0 bridgehead atoms. The van der Waals surface area contributed by atoms with Crippen molar-refractivity contribution in [3.05, 3.63) is 52.9 Å². The molecule has 130 valence electrons. The number of hydrogen-bond donors (Lipinski definition) is 1. The van der Waals surface area contributed by atoms with Crippen molar-refractivity contribution in [2.75, 3.05) is 13.6 Å². The molecule has 0 aliphatic carbocycles. The first kappa shape index (κ1) is 18.8. The molecule has 24 heavy (non-hydrogen) atoms. The summed E-state index contributed by atoms with van der Waals surface area (Å²) in [5, 5.41) is 7.47. The van der Waals surface area contributed by atoms with Gasteiger partial charge < -0.3 is 14.7 Å². The zero-order valence-corrected chi connectivity index (χ0v) is 16.8. The van der Waals surface area contributed by atoms with Gasteiger partial charge in [-0.3, -0.25) is 4.99 Å². The van der Waals surface area contributed by atoms with Crippen LogP contribution in [0.25, 0.3) is 0 Å². The van der Waals surface area contributed by atoms with Crippen molar-refractivity contribution in [2.24, 2.45) is 4.99 Å². The van der Waals surface area contributed by atoms with Crippen molar-refractivity contribution in [3.63, 3.8) is 0 Å². The van der Waals surface area contributed by atoms with E-state index in [1.54, 1.807) is 0 Å². The molecule has 0 unspecified atom stereocenters. The summed E-state index contributed by atoms with van der Waals surface area (Å²) in [6, 6.07) is 10.6. The summed E-state index contributed by atoms with van der Waals surface area (Å²) in [5.74, 6) is 2.12. The lowest BCUT2D eigenvalue weighted by Crippen LogP contribution is -2.43. The van der Waals surface area contributed by atoms with Crippen molar-refractivity contribution < 1.29 is 4.52 Å². The molecule has 0 atom stereocenters. The van der Waals surface area contributed by atoms with E-state index < -0.39 is 0 Å². The van der Waals surface area contributed by atoms with E-state index in [9.17, 15) is 0 Å². The number of aliphatic imine (C=N–C) groups is 1. The van der Waals surface area contributed by atoms with Gasteiger partial charge in [0.1, 0.15) is 0 Å². The van der Waals surface area contributed by atoms with Gasteiger partial charge in [-0.05, 0) is 23.5 Å². The maximum absolute atomic E-state index is 5.38. The van der Waals surface area contributed by atoms with Gasteiger partial charge in [-0.15, -0.1) is 24.0 Å². The van der Waals surface area contributed by atoms with E-state index in [4.69, 9.17) is 4.52 Å². The van der Waals surface area contributed by atoms with Crippen LogP contribution in [0.4, 0.5) is 0 Å². The highest BCUT2D eigenvalue weighted by Gasteiger charge is 2.19. The van der Waals surface area contributed by atoms with Crippen LogP contribution in [0.15, 0.2) is 39.8 Å². The predicted molar refractivity (Wildman–Crippen MR) is 107 cm³/mol. The van der Waals surface area contributed by atoms with Crippen molar-refractivity contribution in [1.82, 2.24) is 15.4 Å². The summed E-state index contributed by atoms with van der Waals surface area (Å²) in [7, 11) is 1.82. The van der Waals surface area contributed by atoms with E-state index in [1.807, 2.05) is 13.1 Å². The second-order valence-electron chi connectivity index (χ2n) is 6.21. The molecular weight excluding hydrogens is 415 g/mol. The van der Waals surface area contributed by atoms with Crippen LogP contribution in [0.3, 0.4) is 0 Å². The van der Waals surface area contributed by atoms with E-state index in [2.05, 4.69) is 58.5 Å². The third-order valence-corrected chi connectivity index (χ3v) is 4.23. The summed E-state index contributed by atoms with van der Waals surface area (Å²) in [6.07, 6.45) is 1.05. The monoisotopic (exact) mass is 440 g/mol. The Morgan fingerprint density at radius 2 is 2.08 bits per heavy atom. The number of rotatable bonds is 3. The standard InChI is InChI=1S/C18H24N4O.HI/c1-13(2)17-10-16(23-21-17)11-20-18(19-3)22-9-8-14-6-4-5-7-15(14)12-22;/h4-7,10,13H,8-9,11-12H2,1-3H3,(H,19,20);1H. The van der Waals surface area contributed by atoms with Crippen LogP contribution in [-0.2, 0) is 19.5 Å². The number of benzene rings is 1. The molecule has 3 rings (SSSR count). The SMILES string of the molecule is CN=C(NCc1cc(C(C)C)no1)N1CCc2ccccc2C1.I. The lowest BCUT2D eigenvalue weighted by molar-refractivity contribution is 0.357. The highest BCUT2D eigenvalue weighted by molar-refractivity contribution is 14.0. The van der Waals surface area contributed by atoms with Gasteiger partial charge >= 0.3 is 0 Å². The molecule has 0 saturated carbocycles. The Bertz CT molecular complexity index is 696. The molecule has 5 nitrogen and oxygen atoms in total. The summed E-state index contributed by atoms with van der Waals surface area (Å²) < 4.78 is 5.38. The maximum Gasteiger partial charge on any atom is 0.194 e. The number of aromatic nitrogens is 1. The number of nitrogens with one attached hydrogen (secondary N) is 1. The Hall–Kier alpha value is -1.57. The number of nitrogens with zero attached hydrogens (tertiary/aromatic N) is 3. The molecule has 6 heteroatoms. The normalized spacial score (nSPS) is 14.3. The minimum atomic E-state index is 0. The van der Waals surface area contributed by atoms with Crippen molar-refractivity contribution >= 4 is 29.9 Å². The molecule has 1 aromatic carbocycles. The fraction of sp³-hybridized carbons (Fsp3) is 0.444. The zero-order valence-electron chi connectivity index (χ0n) is 14.5. The van der Waals surface area contributed by atoms with Crippen LogP contribution in [0, 0.1) is 0 Å². The largest absolute Gasteiger partial charge is 0.359 e. The van der Waals surface area contributed by atoms with Crippen LogP contribution in [0.2, 0.25) is 0 Å². The minimum Gasteiger partial charge on any atom is -0.359 e. The van der Waals surface area contributed by atoms with Gasteiger partial charge in [-0.1, -0.05) is 43.3 Å². The molecule has 1 N–H and O–H groups in total. The summed E-state index contributed by atoms with van der Waals surface area (Å²) in [4.78, 5) is 6.69. The highest BCUT2D eigenvalue weighted by atomic mass is 127. The first-order chi connectivity index (χ1) is 11.2. The Morgan fingerprint density at radius 1 is 1.33 bits per heavy atom. The fourth-order valence-corrected chi connectivity index (χ4v) is 2.86. The van der Waals surface area contributed by atoms with Crippen LogP contribution < -0.4 is 5.32 Å². The van der Waals surface area contributed by atoms with E-state index in [1.165, 1.54) is 11.1 Å². The molecular formula is C18H25IN4O. The van der Waals surface area contributed by atoms with Crippen molar-refractivity contribution in [1.29, 1.82) is 0 Å². The molecule has 2 aromatic rings. The average molecular weight is 440 g/mol. The van der Waals surface area contributed by atoms with Crippen LogP contribution in [-0.4, -0.2) is 29.6 Å². The first-order valence-electron chi connectivity index (χ1n) is 8.15. The summed E-state index contributed by atoms with van der Waals surface area (Å²) >= 11 is 0. The van der Waals surface area contributed by atoms with Gasteiger partial charge in [0.2, 0.25) is 0 Å². The number of fused-ring (bicyclic) bond motifs is 1. The molecule has 0 fully saturated rings. The van der Waals surface area contributed by atoms with Gasteiger partial charge in [0.05, 0.1) is 12.2 Å². The van der Waals surface area contributed by atoms with Crippen LogP contribution >= 0.6 is 24.0 Å². The second-order valence-corrected chi connectivity index (χ2v) is 6.21. The van der Waals surface area contributed by atoms with Gasteiger partial charge in [-0.25, -0.2) is 0 Å². The maximum atomic E-state index is 5.38. The zero-order chi connectivity index (χ0) is 16.2. The molecule has 1 aliphatic rings. The molecule has 0 amide bonds. The lowest BCUT2D eigenvalue weighted by Gasteiger charge is -2.31. The smallest absolute Gasteiger partial charge is 0.194 e. The number of guanidine groups is 1.